The first-order valence-corrected chi connectivity index (χ1v) is 4.95. The molecule has 0 spiro atoms. The lowest BCUT2D eigenvalue weighted by molar-refractivity contribution is -0.142. The van der Waals surface area contributed by atoms with Crippen molar-refractivity contribution in [1.82, 2.24) is 0 Å². The summed E-state index contributed by atoms with van der Waals surface area (Å²) in [7, 11) is 1.32. The Bertz CT molecular complexity index is 352. The highest BCUT2D eigenvalue weighted by Gasteiger charge is 2.18. The Morgan fingerprint density at radius 2 is 2.21 bits per heavy atom. The molecule has 2 N–H and O–H groups in total. The van der Waals surface area contributed by atoms with E-state index in [0.29, 0.717) is 0 Å². The number of carbonyl (C=O) groups excluding carboxylic acids is 1. The van der Waals surface area contributed by atoms with Crippen LogP contribution in [-0.4, -0.2) is 13.1 Å². The van der Waals surface area contributed by atoms with Gasteiger partial charge >= 0.3 is 5.97 Å². The Morgan fingerprint density at radius 3 is 2.71 bits per heavy atom. The molecule has 0 aromatic heterocycles. The van der Waals surface area contributed by atoms with Crippen LogP contribution in [0.2, 0.25) is 0 Å². The van der Waals surface area contributed by atoms with Gasteiger partial charge < -0.3 is 10.5 Å². The Morgan fingerprint density at radius 1 is 1.57 bits per heavy atom. The number of benzene rings is 1. The quantitative estimate of drug-likeness (QED) is 0.824. The van der Waals surface area contributed by atoms with E-state index >= 15 is 0 Å². The van der Waals surface area contributed by atoms with Gasteiger partial charge in [-0.3, -0.25) is 4.79 Å². The fourth-order valence-corrected chi connectivity index (χ4v) is 1.88. The molecule has 0 aliphatic carbocycles. The second kappa shape index (κ2) is 4.57. The molecule has 0 aliphatic heterocycles. The third-order valence-corrected chi connectivity index (χ3v) is 2.63. The number of ether oxygens (including phenoxy) is 1. The first-order valence-electron chi connectivity index (χ1n) is 4.15. The van der Waals surface area contributed by atoms with Crippen molar-refractivity contribution in [3.05, 3.63) is 33.8 Å². The summed E-state index contributed by atoms with van der Waals surface area (Å²) in [4.78, 5) is 11.2. The Labute approximate surface area is 91.4 Å². The number of esters is 1. The van der Waals surface area contributed by atoms with Crippen LogP contribution in [0.4, 0.5) is 0 Å². The van der Waals surface area contributed by atoms with Gasteiger partial charge in [0, 0.05) is 4.47 Å². The summed E-state index contributed by atoms with van der Waals surface area (Å²) in [6, 6.07) is 4.91. The molecule has 0 aliphatic rings. The molecule has 0 saturated carbocycles. The topological polar surface area (TPSA) is 52.3 Å². The van der Waals surface area contributed by atoms with Gasteiger partial charge in [-0.05, 0) is 24.1 Å². The van der Waals surface area contributed by atoms with Crippen LogP contribution in [-0.2, 0) is 9.53 Å². The molecule has 0 fully saturated rings. The molecule has 0 heterocycles. The highest BCUT2D eigenvalue weighted by Crippen LogP contribution is 2.23. The minimum atomic E-state index is -0.727. The molecule has 1 rings (SSSR count). The summed E-state index contributed by atoms with van der Waals surface area (Å²) in [6.07, 6.45) is 0. The maximum Gasteiger partial charge on any atom is 0.327 e. The predicted octanol–water partition coefficient (Wildman–Crippen LogP) is 1.93. The number of hydrogen-bond donors (Lipinski definition) is 1. The summed E-state index contributed by atoms with van der Waals surface area (Å²) < 4.78 is 5.40. The largest absolute Gasteiger partial charge is 0.468 e. The number of nitrogens with two attached hydrogens (primary N) is 1. The van der Waals surface area contributed by atoms with Gasteiger partial charge in [-0.2, -0.15) is 0 Å². The van der Waals surface area contributed by atoms with Crippen LogP contribution < -0.4 is 5.73 Å². The highest BCUT2D eigenvalue weighted by atomic mass is 79.9. The third-order valence-electron chi connectivity index (χ3n) is 1.95. The molecule has 0 saturated heterocycles. The van der Waals surface area contributed by atoms with Gasteiger partial charge in [0.15, 0.2) is 0 Å². The standard InChI is InChI=1S/C10H12BrNO2/c1-6-3-4-7(8(11)5-6)9(12)10(13)14-2/h3-5,9H,12H2,1-2H3/t9-/m1/s1. The molecule has 1 atom stereocenters. The van der Waals surface area contributed by atoms with E-state index < -0.39 is 12.0 Å². The lowest BCUT2D eigenvalue weighted by Crippen LogP contribution is -2.22. The van der Waals surface area contributed by atoms with Gasteiger partial charge in [0.05, 0.1) is 7.11 Å². The average molecular weight is 258 g/mol. The second-order valence-electron chi connectivity index (χ2n) is 3.03. The molecule has 76 valence electrons. The van der Waals surface area contributed by atoms with E-state index in [2.05, 4.69) is 20.7 Å². The molecular formula is C10H12BrNO2. The van der Waals surface area contributed by atoms with Gasteiger partial charge in [-0.15, -0.1) is 0 Å². The molecule has 1 aromatic rings. The van der Waals surface area contributed by atoms with Gasteiger partial charge in [0.1, 0.15) is 6.04 Å². The van der Waals surface area contributed by atoms with Gasteiger partial charge in [0.25, 0.3) is 0 Å². The van der Waals surface area contributed by atoms with Crippen molar-refractivity contribution in [2.45, 2.75) is 13.0 Å². The van der Waals surface area contributed by atoms with Crippen molar-refractivity contribution in [3.63, 3.8) is 0 Å². The van der Waals surface area contributed by atoms with E-state index in [-0.39, 0.29) is 0 Å². The van der Waals surface area contributed by atoms with Crippen LogP contribution in [0.15, 0.2) is 22.7 Å². The minimum absolute atomic E-state index is 0.436. The van der Waals surface area contributed by atoms with E-state index in [4.69, 9.17) is 5.73 Å². The van der Waals surface area contributed by atoms with E-state index in [9.17, 15) is 4.79 Å². The fraction of sp³-hybridized carbons (Fsp3) is 0.300. The zero-order valence-electron chi connectivity index (χ0n) is 8.08. The summed E-state index contributed by atoms with van der Waals surface area (Å²) in [5.74, 6) is -0.436. The van der Waals surface area contributed by atoms with Crippen molar-refractivity contribution in [2.75, 3.05) is 7.11 Å². The molecule has 0 bridgehead atoms. The highest BCUT2D eigenvalue weighted by molar-refractivity contribution is 9.10. The normalized spacial score (nSPS) is 12.3. The fourth-order valence-electron chi connectivity index (χ4n) is 1.14. The SMILES string of the molecule is COC(=O)[C@H](N)c1ccc(C)cc1Br. The van der Waals surface area contributed by atoms with Gasteiger partial charge in [0.2, 0.25) is 0 Å². The van der Waals surface area contributed by atoms with E-state index in [0.717, 1.165) is 15.6 Å². The molecule has 0 amide bonds. The summed E-state index contributed by atoms with van der Waals surface area (Å²) >= 11 is 3.36. The first-order chi connectivity index (χ1) is 6.56. The van der Waals surface area contributed by atoms with Gasteiger partial charge in [-0.1, -0.05) is 28.1 Å². The number of aryl methyl sites for hydroxylation is 1. The molecule has 4 heteroatoms. The van der Waals surface area contributed by atoms with E-state index in [1.54, 1.807) is 0 Å². The average Bonchev–Trinajstić information content (AvgIpc) is 2.15. The Balaban J connectivity index is 3.01. The molecule has 3 nitrogen and oxygen atoms in total. The predicted molar refractivity (Wildman–Crippen MR) is 57.8 cm³/mol. The van der Waals surface area contributed by atoms with Crippen molar-refractivity contribution in [1.29, 1.82) is 0 Å². The smallest absolute Gasteiger partial charge is 0.327 e. The molecule has 1 aromatic carbocycles. The van der Waals surface area contributed by atoms with E-state index in [1.165, 1.54) is 7.11 Å². The summed E-state index contributed by atoms with van der Waals surface area (Å²) in [6.45, 7) is 1.97. The van der Waals surface area contributed by atoms with Crippen LogP contribution in [0.3, 0.4) is 0 Å². The van der Waals surface area contributed by atoms with E-state index in [1.807, 2.05) is 25.1 Å². The molecule has 14 heavy (non-hydrogen) atoms. The Kier molecular flexibility index (Phi) is 3.66. The van der Waals surface area contributed by atoms with Crippen molar-refractivity contribution >= 4 is 21.9 Å². The lowest BCUT2D eigenvalue weighted by atomic mass is 10.1. The molecule has 0 unspecified atom stereocenters. The van der Waals surface area contributed by atoms with Crippen LogP contribution in [0.5, 0.6) is 0 Å². The van der Waals surface area contributed by atoms with Crippen LogP contribution >= 0.6 is 15.9 Å². The van der Waals surface area contributed by atoms with Crippen LogP contribution in [0, 0.1) is 6.92 Å². The van der Waals surface area contributed by atoms with Crippen molar-refractivity contribution < 1.29 is 9.53 Å². The third kappa shape index (κ3) is 2.33. The Hall–Kier alpha value is -0.870. The zero-order chi connectivity index (χ0) is 10.7. The lowest BCUT2D eigenvalue weighted by Gasteiger charge is -2.11. The van der Waals surface area contributed by atoms with Crippen molar-refractivity contribution in [3.8, 4) is 0 Å². The number of carbonyl (C=O) groups is 1. The number of methoxy groups -OCH3 is 1. The van der Waals surface area contributed by atoms with Crippen molar-refractivity contribution in [2.24, 2.45) is 5.73 Å². The summed E-state index contributed by atoms with van der Waals surface area (Å²) in [5, 5.41) is 0. The number of rotatable bonds is 2. The zero-order valence-corrected chi connectivity index (χ0v) is 9.67. The summed E-state index contributed by atoms with van der Waals surface area (Å²) in [5.41, 5.74) is 7.54. The maximum absolute atomic E-state index is 11.2. The minimum Gasteiger partial charge on any atom is -0.468 e. The maximum atomic E-state index is 11.2. The number of halogens is 1. The monoisotopic (exact) mass is 257 g/mol. The first kappa shape index (κ1) is 11.2. The number of hydrogen-bond acceptors (Lipinski definition) is 3. The van der Waals surface area contributed by atoms with Crippen LogP contribution in [0.1, 0.15) is 17.2 Å². The molecule has 0 radical (unpaired) electrons. The molecular weight excluding hydrogens is 246 g/mol. The second-order valence-corrected chi connectivity index (χ2v) is 3.88. The van der Waals surface area contributed by atoms with Crippen LogP contribution in [0.25, 0.3) is 0 Å². The van der Waals surface area contributed by atoms with Gasteiger partial charge in [-0.25, -0.2) is 0 Å².